The quantitative estimate of drug-likeness (QED) is 0.694. The van der Waals surface area contributed by atoms with Gasteiger partial charge in [0.2, 0.25) is 0 Å². The fraction of sp³-hybridized carbons (Fsp3) is 0.600. The molecule has 1 aromatic rings. The number of ether oxygens (including phenoxy) is 2. The number of nitrogens with one attached hydrogen (secondary N) is 1. The second-order valence-electron chi connectivity index (χ2n) is 4.41. The summed E-state index contributed by atoms with van der Waals surface area (Å²) >= 11 is 0. The van der Waals surface area contributed by atoms with E-state index in [4.69, 9.17) is 9.47 Å². The van der Waals surface area contributed by atoms with Crippen molar-refractivity contribution in [2.45, 2.75) is 20.4 Å². The van der Waals surface area contributed by atoms with Gasteiger partial charge in [-0.2, -0.15) is 0 Å². The summed E-state index contributed by atoms with van der Waals surface area (Å²) in [6, 6.07) is 6.11. The van der Waals surface area contributed by atoms with Crippen LogP contribution < -0.4 is 14.8 Å². The highest BCUT2D eigenvalue weighted by atomic mass is 16.5. The fourth-order valence-corrected chi connectivity index (χ4v) is 2.00. The molecule has 0 bridgehead atoms. The topological polar surface area (TPSA) is 33.7 Å². The van der Waals surface area contributed by atoms with Crippen LogP contribution in [0.1, 0.15) is 19.4 Å². The van der Waals surface area contributed by atoms with Gasteiger partial charge in [0.1, 0.15) is 0 Å². The van der Waals surface area contributed by atoms with E-state index in [9.17, 15) is 0 Å². The normalized spacial score (nSPS) is 10.8. The van der Waals surface area contributed by atoms with E-state index in [2.05, 4.69) is 36.2 Å². The standard InChI is InChI=1S/C15H26N2O2/c1-5-16-9-10-17(6-2)12-13-7-8-14(18-3)15(11-13)19-4/h7-8,11,16H,5-6,9-10,12H2,1-4H3. The van der Waals surface area contributed by atoms with Gasteiger partial charge in [0.25, 0.3) is 0 Å². The molecule has 108 valence electrons. The number of hydrogen-bond donors (Lipinski definition) is 1. The molecule has 0 aliphatic rings. The average molecular weight is 266 g/mol. The lowest BCUT2D eigenvalue weighted by Crippen LogP contribution is -2.31. The van der Waals surface area contributed by atoms with Gasteiger partial charge in [-0.05, 0) is 30.8 Å². The van der Waals surface area contributed by atoms with Crippen molar-refractivity contribution >= 4 is 0 Å². The van der Waals surface area contributed by atoms with Crippen molar-refractivity contribution < 1.29 is 9.47 Å². The molecule has 0 aromatic heterocycles. The van der Waals surface area contributed by atoms with Crippen molar-refractivity contribution in [3.63, 3.8) is 0 Å². The molecule has 0 saturated heterocycles. The predicted octanol–water partition coefficient (Wildman–Crippen LogP) is 2.14. The Morgan fingerprint density at radius 2 is 1.84 bits per heavy atom. The van der Waals surface area contributed by atoms with Crippen molar-refractivity contribution in [3.8, 4) is 11.5 Å². The molecule has 1 rings (SSSR count). The highest BCUT2D eigenvalue weighted by Crippen LogP contribution is 2.27. The zero-order chi connectivity index (χ0) is 14.1. The summed E-state index contributed by atoms with van der Waals surface area (Å²) in [6.45, 7) is 9.39. The zero-order valence-corrected chi connectivity index (χ0v) is 12.5. The minimum Gasteiger partial charge on any atom is -0.493 e. The molecule has 1 aromatic carbocycles. The van der Waals surface area contributed by atoms with E-state index < -0.39 is 0 Å². The number of methoxy groups -OCH3 is 2. The molecule has 4 nitrogen and oxygen atoms in total. The van der Waals surface area contributed by atoms with E-state index >= 15 is 0 Å². The molecule has 0 aliphatic carbocycles. The van der Waals surface area contributed by atoms with Crippen molar-refractivity contribution in [2.75, 3.05) is 40.4 Å². The molecular formula is C15H26N2O2. The highest BCUT2D eigenvalue weighted by Gasteiger charge is 2.07. The maximum atomic E-state index is 5.33. The summed E-state index contributed by atoms with van der Waals surface area (Å²) in [5.41, 5.74) is 1.25. The summed E-state index contributed by atoms with van der Waals surface area (Å²) < 4.78 is 10.6. The van der Waals surface area contributed by atoms with E-state index in [1.165, 1.54) is 5.56 Å². The number of likely N-dealkylation sites (N-methyl/N-ethyl adjacent to an activating group) is 2. The van der Waals surface area contributed by atoms with Crippen LogP contribution in [0.5, 0.6) is 11.5 Å². The minimum atomic E-state index is 0.780. The summed E-state index contributed by atoms with van der Waals surface area (Å²) in [5.74, 6) is 1.57. The second kappa shape index (κ2) is 8.77. The third-order valence-electron chi connectivity index (χ3n) is 3.16. The Hall–Kier alpha value is -1.26. The third kappa shape index (κ3) is 5.09. The summed E-state index contributed by atoms with van der Waals surface area (Å²) in [6.07, 6.45) is 0. The van der Waals surface area contributed by atoms with Crippen LogP contribution in [0.2, 0.25) is 0 Å². The Morgan fingerprint density at radius 3 is 2.42 bits per heavy atom. The first-order valence-corrected chi connectivity index (χ1v) is 6.89. The number of nitrogens with zero attached hydrogens (tertiary/aromatic N) is 1. The van der Waals surface area contributed by atoms with Crippen LogP contribution in [0.25, 0.3) is 0 Å². The van der Waals surface area contributed by atoms with Gasteiger partial charge >= 0.3 is 0 Å². The van der Waals surface area contributed by atoms with Crippen LogP contribution >= 0.6 is 0 Å². The molecule has 0 saturated carbocycles. The monoisotopic (exact) mass is 266 g/mol. The number of hydrogen-bond acceptors (Lipinski definition) is 4. The lowest BCUT2D eigenvalue weighted by atomic mass is 10.2. The second-order valence-corrected chi connectivity index (χ2v) is 4.41. The molecule has 0 amide bonds. The van der Waals surface area contributed by atoms with Crippen molar-refractivity contribution in [1.29, 1.82) is 0 Å². The zero-order valence-electron chi connectivity index (χ0n) is 12.5. The van der Waals surface area contributed by atoms with Crippen molar-refractivity contribution in [3.05, 3.63) is 23.8 Å². The summed E-state index contributed by atoms with van der Waals surface area (Å²) in [7, 11) is 3.33. The minimum absolute atomic E-state index is 0.780. The van der Waals surface area contributed by atoms with Gasteiger partial charge in [0.15, 0.2) is 11.5 Å². The van der Waals surface area contributed by atoms with Crippen LogP contribution in [0.4, 0.5) is 0 Å². The van der Waals surface area contributed by atoms with Gasteiger partial charge < -0.3 is 14.8 Å². The Morgan fingerprint density at radius 1 is 1.11 bits per heavy atom. The molecule has 0 spiro atoms. The van der Waals surface area contributed by atoms with Gasteiger partial charge in [-0.25, -0.2) is 0 Å². The third-order valence-corrected chi connectivity index (χ3v) is 3.16. The van der Waals surface area contributed by atoms with Gasteiger partial charge in [0.05, 0.1) is 14.2 Å². The molecular weight excluding hydrogens is 240 g/mol. The first-order valence-electron chi connectivity index (χ1n) is 6.89. The molecule has 19 heavy (non-hydrogen) atoms. The van der Waals surface area contributed by atoms with E-state index in [-0.39, 0.29) is 0 Å². The Labute approximate surface area is 116 Å². The van der Waals surface area contributed by atoms with Crippen molar-refractivity contribution in [1.82, 2.24) is 10.2 Å². The lowest BCUT2D eigenvalue weighted by molar-refractivity contribution is 0.279. The van der Waals surface area contributed by atoms with Crippen LogP contribution in [0, 0.1) is 0 Å². The first kappa shape index (κ1) is 15.8. The Kier molecular flexibility index (Phi) is 7.30. The average Bonchev–Trinajstić information content (AvgIpc) is 2.46. The Balaban J connectivity index is 2.63. The van der Waals surface area contributed by atoms with Crippen LogP contribution in [0.3, 0.4) is 0 Å². The molecule has 0 radical (unpaired) electrons. The van der Waals surface area contributed by atoms with Crippen LogP contribution in [-0.4, -0.2) is 45.3 Å². The van der Waals surface area contributed by atoms with Gasteiger partial charge in [-0.1, -0.05) is 19.9 Å². The SMILES string of the molecule is CCNCCN(CC)Cc1ccc(OC)c(OC)c1. The van der Waals surface area contributed by atoms with Gasteiger partial charge in [0, 0.05) is 19.6 Å². The van der Waals surface area contributed by atoms with E-state index in [1.807, 2.05) is 6.07 Å². The number of benzene rings is 1. The molecule has 0 fully saturated rings. The predicted molar refractivity (Wildman–Crippen MR) is 79.0 cm³/mol. The lowest BCUT2D eigenvalue weighted by Gasteiger charge is -2.21. The highest BCUT2D eigenvalue weighted by molar-refractivity contribution is 5.42. The van der Waals surface area contributed by atoms with E-state index in [0.29, 0.717) is 0 Å². The fourth-order valence-electron chi connectivity index (χ4n) is 2.00. The summed E-state index contributed by atoms with van der Waals surface area (Å²) in [4.78, 5) is 2.41. The molecule has 0 aliphatic heterocycles. The Bertz CT molecular complexity index is 369. The maximum absolute atomic E-state index is 5.33. The molecule has 0 unspecified atom stereocenters. The molecule has 0 heterocycles. The molecule has 4 heteroatoms. The van der Waals surface area contributed by atoms with E-state index in [0.717, 1.165) is 44.2 Å². The molecule has 0 atom stereocenters. The largest absolute Gasteiger partial charge is 0.493 e. The molecule has 1 N–H and O–H groups in total. The van der Waals surface area contributed by atoms with Crippen LogP contribution in [0.15, 0.2) is 18.2 Å². The summed E-state index contributed by atoms with van der Waals surface area (Å²) in [5, 5.41) is 3.35. The van der Waals surface area contributed by atoms with Crippen molar-refractivity contribution in [2.24, 2.45) is 0 Å². The van der Waals surface area contributed by atoms with Gasteiger partial charge in [-0.15, -0.1) is 0 Å². The van der Waals surface area contributed by atoms with Crippen LogP contribution in [-0.2, 0) is 6.54 Å². The number of rotatable bonds is 9. The van der Waals surface area contributed by atoms with Gasteiger partial charge in [-0.3, -0.25) is 4.90 Å². The van der Waals surface area contributed by atoms with E-state index in [1.54, 1.807) is 14.2 Å². The smallest absolute Gasteiger partial charge is 0.161 e. The first-order chi connectivity index (χ1) is 9.24. The maximum Gasteiger partial charge on any atom is 0.161 e.